The third-order valence-electron chi connectivity index (χ3n) is 4.32. The van der Waals surface area contributed by atoms with E-state index in [2.05, 4.69) is 15.6 Å². The summed E-state index contributed by atoms with van der Waals surface area (Å²) in [5.41, 5.74) is 2.11. The van der Waals surface area contributed by atoms with Crippen molar-refractivity contribution >= 4 is 11.8 Å². The highest BCUT2D eigenvalue weighted by atomic mass is 19.1. The molecule has 6 nitrogen and oxygen atoms in total. The second-order valence-corrected chi connectivity index (χ2v) is 6.55. The van der Waals surface area contributed by atoms with Crippen molar-refractivity contribution in [3.8, 4) is 5.75 Å². The molecule has 0 fully saturated rings. The molecule has 154 valence electrons. The number of amides is 2. The first-order valence-electron chi connectivity index (χ1n) is 9.52. The molecule has 0 radical (unpaired) electrons. The van der Waals surface area contributed by atoms with Crippen LogP contribution in [0.15, 0.2) is 73.1 Å². The van der Waals surface area contributed by atoms with Crippen LogP contribution in [0.2, 0.25) is 0 Å². The minimum absolute atomic E-state index is 0.159. The Labute approximate surface area is 174 Å². The molecule has 1 heterocycles. The molecule has 0 spiro atoms. The molecule has 2 aromatic carbocycles. The molecule has 3 rings (SSSR count). The Hall–Kier alpha value is -3.74. The molecule has 1 aromatic heterocycles. The van der Waals surface area contributed by atoms with E-state index in [4.69, 9.17) is 4.74 Å². The Kier molecular flexibility index (Phi) is 7.49. The first-order chi connectivity index (χ1) is 14.6. The van der Waals surface area contributed by atoms with Crippen LogP contribution in [0.5, 0.6) is 5.75 Å². The lowest BCUT2D eigenvalue weighted by molar-refractivity contribution is -0.121. The van der Waals surface area contributed by atoms with Gasteiger partial charge in [0.25, 0.3) is 5.91 Å². The Bertz CT molecular complexity index is 978. The maximum absolute atomic E-state index is 13.0. The Morgan fingerprint density at radius 3 is 2.40 bits per heavy atom. The summed E-state index contributed by atoms with van der Waals surface area (Å²) in [5, 5.41) is 5.53. The Balaban J connectivity index is 1.46. The minimum Gasteiger partial charge on any atom is -0.488 e. The number of ether oxygens (including phenoxy) is 1. The number of benzene rings is 2. The van der Waals surface area contributed by atoms with E-state index in [1.54, 1.807) is 48.8 Å². The summed E-state index contributed by atoms with van der Waals surface area (Å²) in [7, 11) is 0. The summed E-state index contributed by atoms with van der Waals surface area (Å²) in [6.45, 7) is 0.824. The van der Waals surface area contributed by atoms with E-state index in [0.29, 0.717) is 17.9 Å². The Morgan fingerprint density at radius 2 is 1.63 bits per heavy atom. The molecule has 7 heteroatoms. The van der Waals surface area contributed by atoms with E-state index in [1.807, 2.05) is 12.1 Å². The second kappa shape index (κ2) is 10.7. The number of pyridine rings is 1. The highest BCUT2D eigenvalue weighted by Gasteiger charge is 2.12. The highest BCUT2D eigenvalue weighted by molar-refractivity contribution is 5.97. The summed E-state index contributed by atoms with van der Waals surface area (Å²) in [5.74, 6) is -0.385. The number of hydrogen-bond donors (Lipinski definition) is 2. The molecule has 0 bridgehead atoms. The molecule has 0 saturated carbocycles. The zero-order valence-electron chi connectivity index (χ0n) is 16.3. The van der Waals surface area contributed by atoms with E-state index in [-0.39, 0.29) is 37.2 Å². The second-order valence-electron chi connectivity index (χ2n) is 6.55. The number of carbonyl (C=O) groups excluding carboxylic acids is 2. The zero-order valence-corrected chi connectivity index (χ0v) is 16.3. The van der Waals surface area contributed by atoms with E-state index in [0.717, 1.165) is 11.1 Å². The van der Waals surface area contributed by atoms with E-state index in [1.165, 1.54) is 12.1 Å². The first kappa shape index (κ1) is 21.0. The molecule has 0 aliphatic rings. The maximum Gasteiger partial charge on any atom is 0.255 e. The average molecular weight is 407 g/mol. The molecular formula is C23H22FN3O3. The first-order valence-corrected chi connectivity index (χ1v) is 9.52. The fourth-order valence-electron chi connectivity index (χ4n) is 2.70. The number of nitrogens with one attached hydrogen (secondary N) is 2. The van der Waals surface area contributed by atoms with Gasteiger partial charge in [-0.15, -0.1) is 0 Å². The van der Waals surface area contributed by atoms with Gasteiger partial charge in [0.05, 0.1) is 5.56 Å². The lowest BCUT2D eigenvalue weighted by Crippen LogP contribution is -2.30. The van der Waals surface area contributed by atoms with Gasteiger partial charge in [-0.2, -0.15) is 0 Å². The van der Waals surface area contributed by atoms with Crippen molar-refractivity contribution in [2.75, 3.05) is 6.54 Å². The van der Waals surface area contributed by atoms with Crippen LogP contribution in [-0.4, -0.2) is 23.3 Å². The minimum atomic E-state index is -0.327. The van der Waals surface area contributed by atoms with E-state index in [9.17, 15) is 14.0 Å². The third-order valence-corrected chi connectivity index (χ3v) is 4.32. The van der Waals surface area contributed by atoms with Crippen LogP contribution in [0, 0.1) is 5.82 Å². The number of halogens is 1. The highest BCUT2D eigenvalue weighted by Crippen LogP contribution is 2.19. The summed E-state index contributed by atoms with van der Waals surface area (Å²) >= 11 is 0. The Morgan fingerprint density at radius 1 is 0.900 bits per heavy atom. The van der Waals surface area contributed by atoms with Gasteiger partial charge >= 0.3 is 0 Å². The van der Waals surface area contributed by atoms with Gasteiger partial charge in [0.15, 0.2) is 0 Å². The SMILES string of the molecule is O=C(CCNC(=O)c1ccccc1OCc1ccc(F)cc1)NCc1ccncc1. The zero-order chi connectivity index (χ0) is 21.2. The lowest BCUT2D eigenvalue weighted by atomic mass is 10.2. The normalized spacial score (nSPS) is 10.3. The summed E-state index contributed by atoms with van der Waals surface area (Å²) in [6, 6.07) is 16.5. The van der Waals surface area contributed by atoms with Gasteiger partial charge in [-0.05, 0) is 47.5 Å². The van der Waals surface area contributed by atoms with Crippen LogP contribution >= 0.6 is 0 Å². The molecule has 0 aliphatic heterocycles. The molecule has 2 N–H and O–H groups in total. The lowest BCUT2D eigenvalue weighted by Gasteiger charge is -2.12. The topological polar surface area (TPSA) is 80.3 Å². The molecule has 0 aliphatic carbocycles. The predicted octanol–water partition coefficient (Wildman–Crippen LogP) is 3.24. The van der Waals surface area contributed by atoms with Crippen LogP contribution in [0.4, 0.5) is 4.39 Å². The molecule has 2 amide bonds. The van der Waals surface area contributed by atoms with Gasteiger partial charge in [0.2, 0.25) is 5.91 Å². The number of para-hydroxylation sites is 1. The predicted molar refractivity (Wildman–Crippen MR) is 110 cm³/mol. The number of hydrogen-bond acceptors (Lipinski definition) is 4. The van der Waals surface area contributed by atoms with Crippen molar-refractivity contribution < 1.29 is 18.7 Å². The van der Waals surface area contributed by atoms with Crippen LogP contribution < -0.4 is 15.4 Å². The quantitative estimate of drug-likeness (QED) is 0.571. The number of nitrogens with zero attached hydrogens (tertiary/aromatic N) is 1. The van der Waals surface area contributed by atoms with Crippen molar-refractivity contribution in [1.82, 2.24) is 15.6 Å². The number of aromatic nitrogens is 1. The van der Waals surface area contributed by atoms with Crippen LogP contribution in [-0.2, 0) is 17.9 Å². The van der Waals surface area contributed by atoms with Gasteiger partial charge in [-0.1, -0.05) is 24.3 Å². The summed E-state index contributed by atoms with van der Waals surface area (Å²) < 4.78 is 18.7. The van der Waals surface area contributed by atoms with Crippen molar-refractivity contribution in [1.29, 1.82) is 0 Å². The molecule has 0 unspecified atom stereocenters. The summed E-state index contributed by atoms with van der Waals surface area (Å²) in [6.07, 6.45) is 3.49. The van der Waals surface area contributed by atoms with Gasteiger partial charge in [0, 0.05) is 31.9 Å². The van der Waals surface area contributed by atoms with E-state index < -0.39 is 0 Å². The average Bonchev–Trinajstić information content (AvgIpc) is 2.78. The number of carbonyl (C=O) groups is 2. The molecule has 3 aromatic rings. The summed E-state index contributed by atoms with van der Waals surface area (Å²) in [4.78, 5) is 28.4. The molecular weight excluding hydrogens is 385 g/mol. The monoisotopic (exact) mass is 407 g/mol. The smallest absolute Gasteiger partial charge is 0.255 e. The van der Waals surface area contributed by atoms with Gasteiger partial charge in [-0.25, -0.2) is 4.39 Å². The molecule has 0 atom stereocenters. The van der Waals surface area contributed by atoms with E-state index >= 15 is 0 Å². The van der Waals surface area contributed by atoms with Crippen molar-refractivity contribution in [3.63, 3.8) is 0 Å². The molecule has 30 heavy (non-hydrogen) atoms. The standard InChI is InChI=1S/C23H22FN3O3/c24-19-7-5-18(6-8-19)16-30-21-4-2-1-3-20(21)23(29)26-14-11-22(28)27-15-17-9-12-25-13-10-17/h1-10,12-13H,11,14-16H2,(H,26,29)(H,27,28). The maximum atomic E-state index is 13.0. The van der Waals surface area contributed by atoms with Gasteiger partial charge < -0.3 is 15.4 Å². The number of rotatable bonds is 9. The van der Waals surface area contributed by atoms with Crippen LogP contribution in [0.3, 0.4) is 0 Å². The fourth-order valence-corrected chi connectivity index (χ4v) is 2.70. The fraction of sp³-hybridized carbons (Fsp3) is 0.174. The van der Waals surface area contributed by atoms with Gasteiger partial charge in [-0.3, -0.25) is 14.6 Å². The van der Waals surface area contributed by atoms with Crippen LogP contribution in [0.1, 0.15) is 27.9 Å². The van der Waals surface area contributed by atoms with Crippen molar-refractivity contribution in [2.45, 2.75) is 19.6 Å². The van der Waals surface area contributed by atoms with Crippen LogP contribution in [0.25, 0.3) is 0 Å². The van der Waals surface area contributed by atoms with Gasteiger partial charge in [0.1, 0.15) is 18.2 Å². The van der Waals surface area contributed by atoms with Crippen molar-refractivity contribution in [3.05, 3.63) is 95.6 Å². The molecule has 0 saturated heterocycles. The third kappa shape index (κ3) is 6.41. The van der Waals surface area contributed by atoms with Crippen molar-refractivity contribution in [2.24, 2.45) is 0 Å². The largest absolute Gasteiger partial charge is 0.488 e.